The Morgan fingerprint density at radius 1 is 1.25 bits per heavy atom. The monoisotopic (exact) mass is 278 g/mol. The van der Waals surface area contributed by atoms with Crippen molar-refractivity contribution < 1.29 is 19.0 Å². The molecular formula is C16H22O4. The summed E-state index contributed by atoms with van der Waals surface area (Å²) in [4.78, 5) is 11.8. The minimum atomic E-state index is -0.444. The molecule has 110 valence electrons. The summed E-state index contributed by atoms with van der Waals surface area (Å²) >= 11 is 0. The van der Waals surface area contributed by atoms with Crippen molar-refractivity contribution in [2.24, 2.45) is 0 Å². The van der Waals surface area contributed by atoms with E-state index < -0.39 is 5.60 Å². The average Bonchev–Trinajstić information content (AvgIpc) is 2.28. The van der Waals surface area contributed by atoms with Gasteiger partial charge in [-0.25, -0.2) is 0 Å². The van der Waals surface area contributed by atoms with Gasteiger partial charge in [0.15, 0.2) is 0 Å². The molecule has 0 N–H and O–H groups in total. The molecule has 1 heterocycles. The van der Waals surface area contributed by atoms with E-state index in [0.717, 1.165) is 11.1 Å². The molecule has 1 fully saturated rings. The zero-order valence-corrected chi connectivity index (χ0v) is 12.6. The fourth-order valence-electron chi connectivity index (χ4n) is 2.16. The molecule has 4 heteroatoms. The van der Waals surface area contributed by atoms with E-state index in [9.17, 15) is 4.79 Å². The molecule has 1 aliphatic rings. The van der Waals surface area contributed by atoms with Gasteiger partial charge in [0.2, 0.25) is 0 Å². The second-order valence-corrected chi connectivity index (χ2v) is 6.15. The van der Waals surface area contributed by atoms with E-state index in [0.29, 0.717) is 13.2 Å². The number of carbonyl (C=O) groups is 1. The van der Waals surface area contributed by atoms with Crippen LogP contribution in [0, 0.1) is 0 Å². The van der Waals surface area contributed by atoms with Crippen LogP contribution in [0.3, 0.4) is 0 Å². The largest absolute Gasteiger partial charge is 0.460 e. The average molecular weight is 278 g/mol. The summed E-state index contributed by atoms with van der Waals surface area (Å²) in [5.74, 6) is -0.210. The van der Waals surface area contributed by atoms with E-state index in [1.807, 2.05) is 45.0 Å². The van der Waals surface area contributed by atoms with Crippen LogP contribution in [0.25, 0.3) is 0 Å². The molecule has 0 aliphatic carbocycles. The molecule has 0 aromatic heterocycles. The Morgan fingerprint density at radius 3 is 2.25 bits per heavy atom. The van der Waals surface area contributed by atoms with Crippen molar-refractivity contribution in [3.05, 3.63) is 35.4 Å². The van der Waals surface area contributed by atoms with Crippen molar-refractivity contribution in [3.63, 3.8) is 0 Å². The normalized spacial score (nSPS) is 17.4. The predicted octanol–water partition coefficient (Wildman–Crippen LogP) is 2.44. The summed E-state index contributed by atoms with van der Waals surface area (Å²) in [6.07, 6.45) is 0.286. The maximum atomic E-state index is 11.8. The Balaban J connectivity index is 2.00. The molecule has 0 saturated carbocycles. The molecule has 1 aromatic rings. The van der Waals surface area contributed by atoms with E-state index in [1.165, 1.54) is 0 Å². The van der Waals surface area contributed by atoms with E-state index >= 15 is 0 Å². The number of ether oxygens (including phenoxy) is 3. The first-order valence-electron chi connectivity index (χ1n) is 6.79. The number of hydrogen-bond acceptors (Lipinski definition) is 4. The second kappa shape index (κ2) is 5.54. The molecule has 0 unspecified atom stereocenters. The van der Waals surface area contributed by atoms with Crippen LogP contribution in [0.15, 0.2) is 24.3 Å². The minimum absolute atomic E-state index is 0.210. The third-order valence-electron chi connectivity index (χ3n) is 3.31. The first kappa shape index (κ1) is 15.0. The van der Waals surface area contributed by atoms with Crippen molar-refractivity contribution in [2.75, 3.05) is 20.3 Å². The fraction of sp³-hybridized carbons (Fsp3) is 0.562. The highest BCUT2D eigenvalue weighted by molar-refractivity contribution is 5.73. The lowest BCUT2D eigenvalue weighted by Gasteiger charge is -2.40. The van der Waals surface area contributed by atoms with Crippen molar-refractivity contribution in [1.82, 2.24) is 0 Å². The van der Waals surface area contributed by atoms with Gasteiger partial charge in [-0.05, 0) is 31.9 Å². The minimum Gasteiger partial charge on any atom is -0.460 e. The van der Waals surface area contributed by atoms with Crippen LogP contribution in [-0.2, 0) is 31.0 Å². The van der Waals surface area contributed by atoms with Crippen LogP contribution in [0.2, 0.25) is 0 Å². The molecule has 4 nitrogen and oxygen atoms in total. The summed E-state index contributed by atoms with van der Waals surface area (Å²) < 4.78 is 16.1. The summed E-state index contributed by atoms with van der Waals surface area (Å²) in [5.41, 5.74) is 1.26. The summed E-state index contributed by atoms with van der Waals surface area (Å²) in [6, 6.07) is 7.87. The van der Waals surface area contributed by atoms with E-state index in [4.69, 9.17) is 14.2 Å². The molecule has 1 aromatic carbocycles. The van der Waals surface area contributed by atoms with Gasteiger partial charge in [-0.3, -0.25) is 4.79 Å². The Bertz CT molecular complexity index is 461. The van der Waals surface area contributed by atoms with E-state index in [-0.39, 0.29) is 18.0 Å². The molecule has 1 saturated heterocycles. The fourth-order valence-corrected chi connectivity index (χ4v) is 2.16. The molecule has 0 radical (unpaired) electrons. The molecule has 0 spiro atoms. The molecular weight excluding hydrogens is 256 g/mol. The van der Waals surface area contributed by atoms with Crippen LogP contribution in [-0.4, -0.2) is 31.9 Å². The second-order valence-electron chi connectivity index (χ2n) is 6.15. The quantitative estimate of drug-likeness (QED) is 0.794. The number of hydrogen-bond donors (Lipinski definition) is 0. The van der Waals surface area contributed by atoms with Gasteiger partial charge in [0.05, 0.1) is 19.6 Å². The zero-order valence-electron chi connectivity index (χ0n) is 12.6. The molecule has 0 amide bonds. The summed E-state index contributed by atoms with van der Waals surface area (Å²) in [5, 5.41) is 0. The highest BCUT2D eigenvalue weighted by Gasteiger charge is 2.40. The third kappa shape index (κ3) is 3.38. The van der Waals surface area contributed by atoms with Gasteiger partial charge in [-0.15, -0.1) is 0 Å². The van der Waals surface area contributed by atoms with Crippen LogP contribution < -0.4 is 0 Å². The smallest absolute Gasteiger partial charge is 0.310 e. The van der Waals surface area contributed by atoms with Crippen LogP contribution in [0.4, 0.5) is 0 Å². The van der Waals surface area contributed by atoms with Crippen molar-refractivity contribution in [2.45, 2.75) is 38.4 Å². The summed E-state index contributed by atoms with van der Waals surface area (Å²) in [6.45, 7) is 6.76. The lowest BCUT2D eigenvalue weighted by atomic mass is 9.91. The molecule has 1 aliphatic heterocycles. The van der Waals surface area contributed by atoms with Gasteiger partial charge in [0.1, 0.15) is 11.2 Å². The summed E-state index contributed by atoms with van der Waals surface area (Å²) in [7, 11) is 1.69. The molecule has 2 rings (SSSR count). The first-order chi connectivity index (χ1) is 9.35. The molecule has 0 atom stereocenters. The number of benzene rings is 1. The number of carbonyl (C=O) groups excluding carboxylic acids is 1. The van der Waals surface area contributed by atoms with Gasteiger partial charge in [0.25, 0.3) is 0 Å². The van der Waals surface area contributed by atoms with E-state index in [2.05, 4.69) is 0 Å². The lowest BCUT2D eigenvalue weighted by Crippen LogP contribution is -2.48. The van der Waals surface area contributed by atoms with Crippen LogP contribution in [0.5, 0.6) is 0 Å². The number of rotatable bonds is 4. The molecule has 0 bridgehead atoms. The Hall–Kier alpha value is -1.39. The predicted molar refractivity (Wildman–Crippen MR) is 75.5 cm³/mol. The Kier molecular flexibility index (Phi) is 4.16. The van der Waals surface area contributed by atoms with Gasteiger partial charge >= 0.3 is 5.97 Å². The third-order valence-corrected chi connectivity index (χ3v) is 3.31. The van der Waals surface area contributed by atoms with Crippen molar-refractivity contribution in [1.29, 1.82) is 0 Å². The van der Waals surface area contributed by atoms with Gasteiger partial charge in [-0.2, -0.15) is 0 Å². The number of esters is 1. The van der Waals surface area contributed by atoms with Gasteiger partial charge < -0.3 is 14.2 Å². The standard InChI is InChI=1S/C16H22O4/c1-15(2,3)20-14(17)9-12-5-7-13(8-6-12)16(18-4)10-19-11-16/h5-8H,9-11H2,1-4H3. The topological polar surface area (TPSA) is 44.8 Å². The highest BCUT2D eigenvalue weighted by atomic mass is 16.6. The first-order valence-corrected chi connectivity index (χ1v) is 6.79. The number of methoxy groups -OCH3 is 1. The zero-order chi connectivity index (χ0) is 14.8. The maximum Gasteiger partial charge on any atom is 0.310 e. The van der Waals surface area contributed by atoms with Crippen molar-refractivity contribution in [3.8, 4) is 0 Å². The SMILES string of the molecule is COC1(c2ccc(CC(=O)OC(C)(C)C)cc2)COC1. The van der Waals surface area contributed by atoms with Gasteiger partial charge in [-0.1, -0.05) is 24.3 Å². The Labute approximate surface area is 120 Å². The lowest BCUT2D eigenvalue weighted by molar-refractivity contribution is -0.202. The van der Waals surface area contributed by atoms with Crippen molar-refractivity contribution >= 4 is 5.97 Å². The Morgan fingerprint density at radius 2 is 1.85 bits per heavy atom. The highest BCUT2D eigenvalue weighted by Crippen LogP contribution is 2.33. The maximum absolute atomic E-state index is 11.8. The molecule has 20 heavy (non-hydrogen) atoms. The van der Waals surface area contributed by atoms with Crippen LogP contribution >= 0.6 is 0 Å². The van der Waals surface area contributed by atoms with E-state index in [1.54, 1.807) is 7.11 Å². The van der Waals surface area contributed by atoms with Gasteiger partial charge in [0, 0.05) is 7.11 Å². The van der Waals surface area contributed by atoms with Crippen LogP contribution in [0.1, 0.15) is 31.9 Å².